The number of rotatable bonds is 4. The molecule has 0 aromatic heterocycles. The molecule has 62 heavy (non-hydrogen) atoms. The van der Waals surface area contributed by atoms with Crippen LogP contribution >= 0.6 is 0 Å². The van der Waals surface area contributed by atoms with E-state index in [-0.39, 0.29) is 16.2 Å². The molecule has 0 saturated carbocycles. The van der Waals surface area contributed by atoms with Crippen molar-refractivity contribution >= 4 is 17.1 Å². The van der Waals surface area contributed by atoms with Crippen LogP contribution in [0.2, 0.25) is 0 Å². The molecule has 8 aromatic rings. The molecular weight excluding hydrogens is 747 g/mol. The molecule has 0 radical (unpaired) electrons. The molecular formula is C61H55N. The Kier molecular flexibility index (Phi) is 8.24. The number of fused-ring (bicyclic) bond motifs is 13. The number of nitrogens with zero attached hydrogens (tertiary/aromatic N) is 1. The number of anilines is 3. The Morgan fingerprint density at radius 2 is 0.871 bits per heavy atom. The van der Waals surface area contributed by atoms with Crippen LogP contribution in [0, 0.1) is 6.92 Å². The number of aryl methyl sites for hydroxylation is 1. The molecule has 0 aliphatic heterocycles. The van der Waals surface area contributed by atoms with Gasteiger partial charge in [-0.15, -0.1) is 0 Å². The second-order valence-electron chi connectivity index (χ2n) is 20.6. The van der Waals surface area contributed by atoms with E-state index in [1.807, 2.05) is 0 Å². The van der Waals surface area contributed by atoms with Crippen LogP contribution in [0.4, 0.5) is 17.1 Å². The van der Waals surface area contributed by atoms with Crippen LogP contribution in [0.5, 0.6) is 0 Å². The minimum atomic E-state index is -0.509. The Morgan fingerprint density at radius 1 is 0.387 bits per heavy atom. The predicted octanol–water partition coefficient (Wildman–Crippen LogP) is 16.4. The molecule has 8 aromatic carbocycles. The lowest BCUT2D eigenvalue weighted by Crippen LogP contribution is -2.27. The fraction of sp³-hybridized carbons (Fsp3) is 0.213. The standard InChI is InChI=1S/C61H55N/c1-38-25-27-39(28-26-38)43-17-12-15-23-55(43)62(56-24-16-22-51-57(56)48-19-11-13-20-49(48)60(51,8)9)42-31-34-47-44-18-10-14-21-50(44)61(54(47)37-42)52-35-40(58(2,3)4)29-32-45(52)46-33-30-41(36-53(46)61)59(5,6)7/h10-37H,1-9H3. The van der Waals surface area contributed by atoms with Gasteiger partial charge in [-0.05, 0) is 120 Å². The molecule has 0 saturated heterocycles. The molecule has 304 valence electrons. The van der Waals surface area contributed by atoms with Gasteiger partial charge < -0.3 is 4.90 Å². The third-order valence-electron chi connectivity index (χ3n) is 14.5. The van der Waals surface area contributed by atoms with Gasteiger partial charge >= 0.3 is 0 Å². The molecule has 0 heterocycles. The maximum atomic E-state index is 2.58. The number of hydrogen-bond donors (Lipinski definition) is 0. The minimum absolute atomic E-state index is 0.0153. The fourth-order valence-corrected chi connectivity index (χ4v) is 11.2. The number of para-hydroxylation sites is 1. The van der Waals surface area contributed by atoms with Gasteiger partial charge in [0.05, 0.1) is 16.8 Å². The number of benzene rings is 8. The molecule has 3 aliphatic carbocycles. The van der Waals surface area contributed by atoms with Crippen LogP contribution in [0.1, 0.15) is 105 Å². The lowest BCUT2D eigenvalue weighted by molar-refractivity contribution is 0.586. The van der Waals surface area contributed by atoms with Crippen molar-refractivity contribution in [3.63, 3.8) is 0 Å². The van der Waals surface area contributed by atoms with E-state index in [2.05, 4.69) is 237 Å². The van der Waals surface area contributed by atoms with Gasteiger partial charge in [0.25, 0.3) is 0 Å². The highest BCUT2D eigenvalue weighted by Crippen LogP contribution is 2.64. The zero-order valence-corrected chi connectivity index (χ0v) is 37.6. The first-order chi connectivity index (χ1) is 29.7. The first kappa shape index (κ1) is 38.5. The van der Waals surface area contributed by atoms with E-state index >= 15 is 0 Å². The molecule has 0 unspecified atom stereocenters. The smallest absolute Gasteiger partial charge is 0.0726 e. The van der Waals surface area contributed by atoms with Crippen LogP contribution < -0.4 is 4.90 Å². The summed E-state index contributed by atoms with van der Waals surface area (Å²) in [7, 11) is 0. The summed E-state index contributed by atoms with van der Waals surface area (Å²) >= 11 is 0. The Labute approximate surface area is 368 Å². The van der Waals surface area contributed by atoms with Crippen molar-refractivity contribution < 1.29 is 0 Å². The summed E-state index contributed by atoms with van der Waals surface area (Å²) in [5, 5.41) is 0. The lowest BCUT2D eigenvalue weighted by atomic mass is 9.68. The fourth-order valence-electron chi connectivity index (χ4n) is 11.2. The molecule has 0 atom stereocenters. The van der Waals surface area contributed by atoms with Gasteiger partial charge in [-0.25, -0.2) is 0 Å². The van der Waals surface area contributed by atoms with E-state index in [1.54, 1.807) is 0 Å². The Bertz CT molecular complexity index is 3060. The molecule has 1 nitrogen and oxygen atoms in total. The summed E-state index contributed by atoms with van der Waals surface area (Å²) < 4.78 is 0. The van der Waals surface area contributed by atoms with Gasteiger partial charge in [-0.2, -0.15) is 0 Å². The Morgan fingerprint density at radius 3 is 1.50 bits per heavy atom. The highest BCUT2D eigenvalue weighted by molar-refractivity contribution is 6.00. The average molecular weight is 802 g/mol. The third kappa shape index (κ3) is 5.40. The van der Waals surface area contributed by atoms with E-state index in [1.165, 1.54) is 100 Å². The maximum Gasteiger partial charge on any atom is 0.0726 e. The van der Waals surface area contributed by atoms with Crippen molar-refractivity contribution in [1.29, 1.82) is 0 Å². The Hall–Kier alpha value is -6.44. The first-order valence-electron chi connectivity index (χ1n) is 22.4. The second kappa shape index (κ2) is 13.3. The largest absolute Gasteiger partial charge is 0.309 e. The van der Waals surface area contributed by atoms with Crippen LogP contribution in [-0.4, -0.2) is 0 Å². The van der Waals surface area contributed by atoms with Crippen molar-refractivity contribution in [2.45, 2.75) is 84.0 Å². The van der Waals surface area contributed by atoms with Gasteiger partial charge in [0.2, 0.25) is 0 Å². The van der Waals surface area contributed by atoms with E-state index in [9.17, 15) is 0 Å². The monoisotopic (exact) mass is 801 g/mol. The summed E-state index contributed by atoms with van der Waals surface area (Å²) in [6.45, 7) is 21.0. The third-order valence-corrected chi connectivity index (χ3v) is 14.5. The van der Waals surface area contributed by atoms with E-state index in [4.69, 9.17) is 0 Å². The molecule has 1 spiro atoms. The molecule has 0 N–H and O–H groups in total. The SMILES string of the molecule is Cc1ccc(-c2ccccc2N(c2ccc3c(c2)C2(c4ccccc4-3)c3cc(C(C)(C)C)ccc3-c3ccc(C(C)(C)C)cc32)c2cccc3c2-c2ccccc2C3(C)C)cc1. The second-order valence-corrected chi connectivity index (χ2v) is 20.6. The molecule has 0 amide bonds. The highest BCUT2D eigenvalue weighted by atomic mass is 15.1. The summed E-state index contributed by atoms with van der Waals surface area (Å²) in [4.78, 5) is 2.58. The average Bonchev–Trinajstić information content (AvgIpc) is 3.82. The van der Waals surface area contributed by atoms with Gasteiger partial charge in [-0.3, -0.25) is 0 Å². The van der Waals surface area contributed by atoms with Crippen molar-refractivity contribution in [3.05, 3.63) is 220 Å². The summed E-state index contributed by atoms with van der Waals surface area (Å²) in [6.07, 6.45) is 0. The van der Waals surface area contributed by atoms with E-state index < -0.39 is 5.41 Å². The van der Waals surface area contributed by atoms with E-state index in [0.29, 0.717) is 0 Å². The quantitative estimate of drug-likeness (QED) is 0.171. The van der Waals surface area contributed by atoms with Crippen molar-refractivity contribution in [2.75, 3.05) is 4.90 Å². The molecule has 0 bridgehead atoms. The highest BCUT2D eigenvalue weighted by Gasteiger charge is 2.52. The van der Waals surface area contributed by atoms with Crippen LogP contribution in [0.15, 0.2) is 170 Å². The zero-order valence-electron chi connectivity index (χ0n) is 37.6. The minimum Gasteiger partial charge on any atom is -0.309 e. The molecule has 11 rings (SSSR count). The van der Waals surface area contributed by atoms with Gasteiger partial charge in [0.15, 0.2) is 0 Å². The molecule has 1 heteroatoms. The van der Waals surface area contributed by atoms with Crippen LogP contribution in [-0.2, 0) is 21.7 Å². The lowest BCUT2D eigenvalue weighted by Gasteiger charge is -2.34. The van der Waals surface area contributed by atoms with E-state index in [0.717, 1.165) is 11.4 Å². The van der Waals surface area contributed by atoms with Gasteiger partial charge in [-0.1, -0.05) is 207 Å². The summed E-state index contributed by atoms with van der Waals surface area (Å²) in [6, 6.07) is 65.4. The molecule has 3 aliphatic rings. The van der Waals surface area contributed by atoms with Crippen LogP contribution in [0.3, 0.4) is 0 Å². The first-order valence-corrected chi connectivity index (χ1v) is 22.4. The summed E-state index contributed by atoms with van der Waals surface area (Å²) in [5.41, 5.74) is 25.4. The molecule has 0 fully saturated rings. The van der Waals surface area contributed by atoms with Gasteiger partial charge in [0, 0.05) is 22.2 Å². The van der Waals surface area contributed by atoms with Crippen LogP contribution in [0.25, 0.3) is 44.5 Å². The van der Waals surface area contributed by atoms with Crippen molar-refractivity contribution in [1.82, 2.24) is 0 Å². The zero-order chi connectivity index (χ0) is 42.9. The normalized spacial score (nSPS) is 14.8. The summed E-state index contributed by atoms with van der Waals surface area (Å²) in [5.74, 6) is 0. The topological polar surface area (TPSA) is 3.24 Å². The van der Waals surface area contributed by atoms with Crippen molar-refractivity contribution in [2.24, 2.45) is 0 Å². The van der Waals surface area contributed by atoms with Crippen molar-refractivity contribution in [3.8, 4) is 44.5 Å². The maximum absolute atomic E-state index is 2.58. The predicted molar refractivity (Wildman–Crippen MR) is 263 cm³/mol. The van der Waals surface area contributed by atoms with Gasteiger partial charge in [0.1, 0.15) is 0 Å². The number of hydrogen-bond acceptors (Lipinski definition) is 1. The Balaban J connectivity index is 1.25.